The first-order chi connectivity index (χ1) is 7.06. The van der Waals surface area contributed by atoms with Gasteiger partial charge < -0.3 is 14.2 Å². The number of ether oxygens (including phenoxy) is 3. The van der Waals surface area contributed by atoms with E-state index in [1.807, 2.05) is 0 Å². The maximum atomic E-state index is 11.6. The molecule has 0 unspecified atom stereocenters. The molecule has 0 N–H and O–H groups in total. The van der Waals surface area contributed by atoms with Gasteiger partial charge in [-0.2, -0.15) is 0 Å². The molecule has 5 heteroatoms. The van der Waals surface area contributed by atoms with E-state index < -0.39 is 17.5 Å². The highest BCUT2D eigenvalue weighted by atomic mass is 16.6. The summed E-state index contributed by atoms with van der Waals surface area (Å²) < 4.78 is 14.8. The highest BCUT2D eigenvalue weighted by Crippen LogP contribution is 2.35. The Morgan fingerprint density at radius 2 is 1.67 bits per heavy atom. The van der Waals surface area contributed by atoms with Crippen molar-refractivity contribution in [3.63, 3.8) is 0 Å². The molecule has 0 aromatic rings. The third-order valence-electron chi connectivity index (χ3n) is 2.19. The molecule has 0 radical (unpaired) electrons. The van der Waals surface area contributed by atoms with E-state index >= 15 is 0 Å². The summed E-state index contributed by atoms with van der Waals surface area (Å²) in [5, 5.41) is 0. The quantitative estimate of drug-likeness (QED) is 0.510. The van der Waals surface area contributed by atoms with E-state index in [4.69, 9.17) is 14.2 Å². The van der Waals surface area contributed by atoms with Crippen LogP contribution >= 0.6 is 0 Å². The standard InChI is InChI=1S/C10H16O5/c1-4-13-8(11)10(6-7(3)15-10)9(12)14-5-2/h7H,4-6H2,1-3H3/t7-/m0/s1. The van der Waals surface area contributed by atoms with Gasteiger partial charge in [-0.15, -0.1) is 0 Å². The molecular formula is C10H16O5. The van der Waals surface area contributed by atoms with Crippen molar-refractivity contribution in [2.75, 3.05) is 13.2 Å². The summed E-state index contributed by atoms with van der Waals surface area (Å²) in [4.78, 5) is 23.1. The summed E-state index contributed by atoms with van der Waals surface area (Å²) in [5.41, 5.74) is -1.51. The fourth-order valence-corrected chi connectivity index (χ4v) is 1.58. The van der Waals surface area contributed by atoms with Crippen molar-refractivity contribution in [2.24, 2.45) is 0 Å². The Balaban J connectivity index is 2.71. The first-order valence-corrected chi connectivity index (χ1v) is 5.09. The van der Waals surface area contributed by atoms with Gasteiger partial charge >= 0.3 is 11.9 Å². The van der Waals surface area contributed by atoms with Gasteiger partial charge in [0.15, 0.2) is 0 Å². The Hall–Kier alpha value is -1.10. The molecule has 0 aromatic carbocycles. The first kappa shape index (κ1) is 12.0. The average molecular weight is 216 g/mol. The van der Waals surface area contributed by atoms with E-state index in [-0.39, 0.29) is 19.3 Å². The molecule has 1 saturated heterocycles. The van der Waals surface area contributed by atoms with Crippen LogP contribution < -0.4 is 0 Å². The van der Waals surface area contributed by atoms with Crippen molar-refractivity contribution >= 4 is 11.9 Å². The largest absolute Gasteiger partial charge is 0.463 e. The summed E-state index contributed by atoms with van der Waals surface area (Å²) >= 11 is 0. The minimum atomic E-state index is -1.51. The fourth-order valence-electron chi connectivity index (χ4n) is 1.58. The van der Waals surface area contributed by atoms with Crippen LogP contribution in [0.25, 0.3) is 0 Å². The molecule has 1 aliphatic rings. The lowest BCUT2D eigenvalue weighted by Crippen LogP contribution is -2.61. The van der Waals surface area contributed by atoms with E-state index in [0.29, 0.717) is 6.42 Å². The summed E-state index contributed by atoms with van der Waals surface area (Å²) in [6.45, 7) is 5.59. The van der Waals surface area contributed by atoms with Gasteiger partial charge in [-0.05, 0) is 20.8 Å². The van der Waals surface area contributed by atoms with Crippen molar-refractivity contribution in [2.45, 2.75) is 38.9 Å². The Bertz CT molecular complexity index is 235. The number of hydrogen-bond donors (Lipinski definition) is 0. The second kappa shape index (κ2) is 4.61. The zero-order valence-electron chi connectivity index (χ0n) is 9.24. The van der Waals surface area contributed by atoms with Gasteiger partial charge in [0.1, 0.15) is 0 Å². The van der Waals surface area contributed by atoms with Crippen LogP contribution in [-0.2, 0) is 23.8 Å². The average Bonchev–Trinajstić information content (AvgIpc) is 2.13. The number of esters is 2. The van der Waals surface area contributed by atoms with Gasteiger partial charge in [0, 0.05) is 6.42 Å². The fraction of sp³-hybridized carbons (Fsp3) is 0.800. The Morgan fingerprint density at radius 1 is 1.27 bits per heavy atom. The predicted molar refractivity (Wildman–Crippen MR) is 51.2 cm³/mol. The van der Waals surface area contributed by atoms with Crippen LogP contribution in [0.1, 0.15) is 27.2 Å². The lowest BCUT2D eigenvalue weighted by Gasteiger charge is -2.41. The van der Waals surface area contributed by atoms with Crippen molar-refractivity contribution in [3.8, 4) is 0 Å². The Kier molecular flexibility index (Phi) is 3.68. The molecule has 86 valence electrons. The molecule has 0 bridgehead atoms. The zero-order chi connectivity index (χ0) is 11.5. The molecule has 1 heterocycles. The minimum Gasteiger partial charge on any atom is -0.463 e. The molecule has 5 nitrogen and oxygen atoms in total. The SMILES string of the molecule is CCOC(=O)C1(C(=O)OCC)C[C@H](C)O1. The Labute approximate surface area is 88.7 Å². The highest BCUT2D eigenvalue weighted by Gasteiger charge is 2.59. The molecule has 1 fully saturated rings. The van der Waals surface area contributed by atoms with E-state index in [1.165, 1.54) is 0 Å². The van der Waals surface area contributed by atoms with Gasteiger partial charge in [0.25, 0.3) is 5.60 Å². The maximum Gasteiger partial charge on any atom is 0.350 e. The molecule has 1 rings (SSSR count). The molecule has 0 aromatic heterocycles. The number of hydrogen-bond acceptors (Lipinski definition) is 5. The second-order valence-corrected chi connectivity index (χ2v) is 3.40. The molecule has 0 saturated carbocycles. The summed E-state index contributed by atoms with van der Waals surface area (Å²) in [5.74, 6) is -1.30. The smallest absolute Gasteiger partial charge is 0.350 e. The Morgan fingerprint density at radius 3 is 1.93 bits per heavy atom. The van der Waals surface area contributed by atoms with E-state index in [2.05, 4.69) is 0 Å². The summed E-state index contributed by atoms with van der Waals surface area (Å²) in [6.07, 6.45) is 0.212. The summed E-state index contributed by atoms with van der Waals surface area (Å²) in [7, 11) is 0. The van der Waals surface area contributed by atoms with Crippen molar-refractivity contribution in [3.05, 3.63) is 0 Å². The molecule has 1 atom stereocenters. The third-order valence-corrected chi connectivity index (χ3v) is 2.19. The van der Waals surface area contributed by atoms with Crippen molar-refractivity contribution in [1.29, 1.82) is 0 Å². The monoisotopic (exact) mass is 216 g/mol. The highest BCUT2D eigenvalue weighted by molar-refractivity contribution is 6.04. The topological polar surface area (TPSA) is 61.8 Å². The molecule has 0 aliphatic carbocycles. The van der Waals surface area contributed by atoms with Crippen LogP contribution in [0.4, 0.5) is 0 Å². The van der Waals surface area contributed by atoms with Gasteiger partial charge in [0.2, 0.25) is 0 Å². The van der Waals surface area contributed by atoms with Crippen LogP contribution in [0, 0.1) is 0 Å². The van der Waals surface area contributed by atoms with Crippen LogP contribution in [0.3, 0.4) is 0 Å². The molecule has 0 amide bonds. The van der Waals surface area contributed by atoms with E-state index in [1.54, 1.807) is 20.8 Å². The van der Waals surface area contributed by atoms with E-state index in [9.17, 15) is 9.59 Å². The number of carbonyl (C=O) groups is 2. The molecule has 15 heavy (non-hydrogen) atoms. The van der Waals surface area contributed by atoms with Gasteiger partial charge in [0.05, 0.1) is 19.3 Å². The number of carbonyl (C=O) groups excluding carboxylic acids is 2. The van der Waals surface area contributed by atoms with E-state index in [0.717, 1.165) is 0 Å². The molecule has 1 aliphatic heterocycles. The van der Waals surface area contributed by atoms with Crippen LogP contribution in [0.15, 0.2) is 0 Å². The normalized spacial score (nSPS) is 22.7. The lowest BCUT2D eigenvalue weighted by molar-refractivity contribution is -0.232. The zero-order valence-corrected chi connectivity index (χ0v) is 9.24. The van der Waals surface area contributed by atoms with Gasteiger partial charge in [-0.1, -0.05) is 0 Å². The third kappa shape index (κ3) is 2.12. The second-order valence-electron chi connectivity index (χ2n) is 3.40. The van der Waals surface area contributed by atoms with Gasteiger partial charge in [-0.3, -0.25) is 0 Å². The van der Waals surface area contributed by atoms with Crippen LogP contribution in [-0.4, -0.2) is 36.9 Å². The minimum absolute atomic E-state index is 0.112. The predicted octanol–water partition coefficient (Wildman–Crippen LogP) is 0.660. The molecular weight excluding hydrogens is 200 g/mol. The van der Waals surface area contributed by atoms with Crippen LogP contribution in [0.2, 0.25) is 0 Å². The summed E-state index contributed by atoms with van der Waals surface area (Å²) in [6, 6.07) is 0. The molecule has 0 spiro atoms. The first-order valence-electron chi connectivity index (χ1n) is 5.09. The van der Waals surface area contributed by atoms with Crippen LogP contribution in [0.5, 0.6) is 0 Å². The lowest BCUT2D eigenvalue weighted by atomic mass is 9.90. The maximum absolute atomic E-state index is 11.6. The van der Waals surface area contributed by atoms with Gasteiger partial charge in [-0.25, -0.2) is 9.59 Å². The number of rotatable bonds is 4. The van der Waals surface area contributed by atoms with Crippen molar-refractivity contribution < 1.29 is 23.8 Å². The van der Waals surface area contributed by atoms with Crippen molar-refractivity contribution in [1.82, 2.24) is 0 Å².